The summed E-state index contributed by atoms with van der Waals surface area (Å²) in [5, 5.41) is 9.63. The largest absolute Gasteiger partial charge is 0.298 e. The lowest BCUT2D eigenvalue weighted by Gasteiger charge is -2.08. The Labute approximate surface area is 138 Å². The summed E-state index contributed by atoms with van der Waals surface area (Å²) >= 11 is 0. The Morgan fingerprint density at radius 1 is 0.833 bits per heavy atom. The van der Waals surface area contributed by atoms with Crippen LogP contribution in [0.15, 0.2) is 65.6 Å². The van der Waals surface area contributed by atoms with Crippen molar-refractivity contribution in [2.24, 2.45) is 0 Å². The van der Waals surface area contributed by atoms with E-state index in [1.54, 1.807) is 10.9 Å². The van der Waals surface area contributed by atoms with Crippen molar-refractivity contribution < 1.29 is 0 Å². The second-order valence-corrected chi connectivity index (χ2v) is 5.79. The molecule has 0 radical (unpaired) electrons. The number of aryl methyl sites for hydroxylation is 2. The molecule has 4 aromatic rings. The van der Waals surface area contributed by atoms with E-state index in [2.05, 4.69) is 10.2 Å². The molecular weight excluding hydrogens is 300 g/mol. The van der Waals surface area contributed by atoms with E-state index in [0.717, 1.165) is 28.0 Å². The van der Waals surface area contributed by atoms with Crippen LogP contribution in [0.25, 0.3) is 22.3 Å². The zero-order chi connectivity index (χ0) is 16.7. The predicted molar refractivity (Wildman–Crippen MR) is 93.9 cm³/mol. The first-order valence-electron chi connectivity index (χ1n) is 7.75. The van der Waals surface area contributed by atoms with E-state index < -0.39 is 0 Å². The number of benzene rings is 2. The minimum Gasteiger partial charge on any atom is -0.265 e. The van der Waals surface area contributed by atoms with Gasteiger partial charge in [-0.05, 0) is 38.1 Å². The van der Waals surface area contributed by atoms with Crippen molar-refractivity contribution in [3.63, 3.8) is 0 Å². The predicted octanol–water partition coefficient (Wildman–Crippen LogP) is 3.19. The molecule has 0 saturated carbocycles. The summed E-state index contributed by atoms with van der Waals surface area (Å²) in [6.07, 6.45) is 1.70. The average molecular weight is 316 g/mol. The molecule has 0 unspecified atom stereocenters. The van der Waals surface area contributed by atoms with Gasteiger partial charge < -0.3 is 0 Å². The van der Waals surface area contributed by atoms with Gasteiger partial charge in [0.05, 0.1) is 23.3 Å². The Hall–Kier alpha value is -3.21. The molecule has 0 N–H and O–H groups in total. The first kappa shape index (κ1) is 14.4. The number of fused-ring (bicyclic) bond motifs is 1. The molecule has 0 atom stereocenters. The Morgan fingerprint density at radius 3 is 2.21 bits per heavy atom. The summed E-state index contributed by atoms with van der Waals surface area (Å²) in [6.45, 7) is 3.92. The molecule has 0 bridgehead atoms. The highest BCUT2D eigenvalue weighted by Crippen LogP contribution is 2.18. The van der Waals surface area contributed by atoms with Crippen molar-refractivity contribution >= 4 is 10.9 Å². The highest BCUT2D eigenvalue weighted by Gasteiger charge is 2.15. The number of nitrogens with zero attached hydrogens (tertiary/aromatic N) is 4. The van der Waals surface area contributed by atoms with Gasteiger partial charge in [-0.2, -0.15) is 14.9 Å². The highest BCUT2D eigenvalue weighted by molar-refractivity contribution is 5.81. The number of hydrogen-bond donors (Lipinski definition) is 0. The Bertz CT molecular complexity index is 1080. The molecule has 4 rings (SSSR count). The van der Waals surface area contributed by atoms with Crippen LogP contribution in [0.5, 0.6) is 0 Å². The van der Waals surface area contributed by atoms with E-state index in [9.17, 15) is 4.79 Å². The number of hydrogen-bond acceptors (Lipinski definition) is 3. The number of rotatable bonds is 2. The first-order chi connectivity index (χ1) is 11.6. The summed E-state index contributed by atoms with van der Waals surface area (Å²) in [6, 6.07) is 17.4. The lowest BCUT2D eigenvalue weighted by atomic mass is 10.2. The van der Waals surface area contributed by atoms with Crippen LogP contribution in [0.3, 0.4) is 0 Å². The third kappa shape index (κ3) is 2.22. The maximum atomic E-state index is 13.0. The molecule has 0 fully saturated rings. The topological polar surface area (TPSA) is 52.7 Å². The highest BCUT2D eigenvalue weighted by atomic mass is 16.1. The molecule has 2 heterocycles. The van der Waals surface area contributed by atoms with Crippen LogP contribution in [0.1, 0.15) is 11.3 Å². The third-order valence-corrected chi connectivity index (χ3v) is 4.08. The summed E-state index contributed by atoms with van der Waals surface area (Å²) < 4.78 is 3.12. The second-order valence-electron chi connectivity index (χ2n) is 5.79. The van der Waals surface area contributed by atoms with E-state index in [1.165, 1.54) is 4.68 Å². The maximum Gasteiger partial charge on any atom is 0.298 e. The van der Waals surface area contributed by atoms with Crippen molar-refractivity contribution in [2.45, 2.75) is 13.8 Å². The van der Waals surface area contributed by atoms with Gasteiger partial charge in [-0.1, -0.05) is 35.9 Å². The van der Waals surface area contributed by atoms with Crippen molar-refractivity contribution in [3.05, 3.63) is 82.4 Å². The number of para-hydroxylation sites is 1. The van der Waals surface area contributed by atoms with Gasteiger partial charge in [-0.15, -0.1) is 0 Å². The van der Waals surface area contributed by atoms with Gasteiger partial charge in [-0.25, -0.2) is 4.68 Å². The fourth-order valence-corrected chi connectivity index (χ4v) is 2.79. The zero-order valence-electron chi connectivity index (χ0n) is 13.5. The summed E-state index contributed by atoms with van der Waals surface area (Å²) in [4.78, 5) is 13.0. The van der Waals surface area contributed by atoms with Gasteiger partial charge in [0.2, 0.25) is 0 Å². The first-order valence-corrected chi connectivity index (χ1v) is 7.75. The molecule has 2 aromatic heterocycles. The Kier molecular flexibility index (Phi) is 3.27. The van der Waals surface area contributed by atoms with Crippen LogP contribution < -0.4 is 5.56 Å². The molecule has 0 amide bonds. The molecule has 2 aromatic carbocycles. The second kappa shape index (κ2) is 5.45. The van der Waals surface area contributed by atoms with Crippen molar-refractivity contribution in [1.82, 2.24) is 19.6 Å². The van der Waals surface area contributed by atoms with Crippen molar-refractivity contribution in [1.29, 1.82) is 0 Å². The Balaban J connectivity index is 2.03. The minimum atomic E-state index is -0.181. The van der Waals surface area contributed by atoms with Crippen LogP contribution in [0, 0.1) is 13.8 Å². The zero-order valence-corrected chi connectivity index (χ0v) is 13.5. The molecule has 0 spiro atoms. The molecule has 0 saturated heterocycles. The molecule has 0 aliphatic heterocycles. The molecule has 0 aliphatic rings. The summed E-state index contributed by atoms with van der Waals surface area (Å²) in [5.74, 6) is 0. The molecule has 5 heteroatoms. The lowest BCUT2D eigenvalue weighted by Crippen LogP contribution is -2.24. The van der Waals surface area contributed by atoms with Crippen LogP contribution >= 0.6 is 0 Å². The quantitative estimate of drug-likeness (QED) is 0.571. The molecule has 118 valence electrons. The van der Waals surface area contributed by atoms with Crippen LogP contribution in [-0.4, -0.2) is 19.6 Å². The molecule has 24 heavy (non-hydrogen) atoms. The van der Waals surface area contributed by atoms with E-state index in [1.807, 2.05) is 68.4 Å². The van der Waals surface area contributed by atoms with Gasteiger partial charge in [-0.3, -0.25) is 4.79 Å². The standard InChI is InChI=1S/C19H16N4O/c1-13-8-10-16(11-9-13)22-18-17(12-20-22)14(2)21-23(19(18)24)15-6-4-3-5-7-15/h3-12H,1-2H3. The van der Waals surface area contributed by atoms with Gasteiger partial charge in [0.25, 0.3) is 5.56 Å². The van der Waals surface area contributed by atoms with Crippen molar-refractivity contribution in [2.75, 3.05) is 0 Å². The fraction of sp³-hybridized carbons (Fsp3) is 0.105. The Morgan fingerprint density at radius 2 is 1.50 bits per heavy atom. The van der Waals surface area contributed by atoms with Crippen LogP contribution in [0.2, 0.25) is 0 Å². The normalized spacial score (nSPS) is 11.1. The van der Waals surface area contributed by atoms with Gasteiger partial charge >= 0.3 is 0 Å². The van der Waals surface area contributed by atoms with E-state index >= 15 is 0 Å². The van der Waals surface area contributed by atoms with E-state index in [0.29, 0.717) is 5.52 Å². The lowest BCUT2D eigenvalue weighted by molar-refractivity contribution is 0.791. The molecule has 0 aliphatic carbocycles. The summed E-state index contributed by atoms with van der Waals surface area (Å²) in [5.41, 5.74) is 3.89. The van der Waals surface area contributed by atoms with Crippen LogP contribution in [0.4, 0.5) is 0 Å². The van der Waals surface area contributed by atoms with Gasteiger partial charge in [0, 0.05) is 5.39 Å². The SMILES string of the molecule is Cc1ccc(-n2ncc3c(C)nn(-c4ccccc4)c(=O)c32)cc1. The smallest absolute Gasteiger partial charge is 0.265 e. The van der Waals surface area contributed by atoms with Crippen molar-refractivity contribution in [3.8, 4) is 11.4 Å². The maximum absolute atomic E-state index is 13.0. The van der Waals surface area contributed by atoms with Gasteiger partial charge in [0.1, 0.15) is 5.52 Å². The average Bonchev–Trinajstić information content (AvgIpc) is 3.05. The summed E-state index contributed by atoms with van der Waals surface area (Å²) in [7, 11) is 0. The third-order valence-electron chi connectivity index (χ3n) is 4.08. The fourth-order valence-electron chi connectivity index (χ4n) is 2.79. The monoisotopic (exact) mass is 316 g/mol. The van der Waals surface area contributed by atoms with E-state index in [-0.39, 0.29) is 5.56 Å². The minimum absolute atomic E-state index is 0.181. The molecule has 5 nitrogen and oxygen atoms in total. The number of aromatic nitrogens is 4. The van der Waals surface area contributed by atoms with Crippen LogP contribution in [-0.2, 0) is 0 Å². The van der Waals surface area contributed by atoms with E-state index in [4.69, 9.17) is 0 Å². The van der Waals surface area contributed by atoms with Gasteiger partial charge in [0.15, 0.2) is 0 Å². The molecular formula is C19H16N4O.